The maximum absolute atomic E-state index is 11.2. The van der Waals surface area contributed by atoms with Crippen molar-refractivity contribution < 1.29 is 9.53 Å². The number of esters is 1. The topological polar surface area (TPSA) is 38.3 Å². The fourth-order valence-electron chi connectivity index (χ4n) is 1.47. The second-order valence-corrected chi connectivity index (χ2v) is 4.56. The molecule has 0 saturated carbocycles. The van der Waals surface area contributed by atoms with Crippen LogP contribution >= 0.6 is 11.6 Å². The summed E-state index contributed by atoms with van der Waals surface area (Å²) >= 11 is 5.79. The van der Waals surface area contributed by atoms with Crippen molar-refractivity contribution in [2.24, 2.45) is 0 Å². The lowest BCUT2D eigenvalue weighted by molar-refractivity contribution is -0.143. The molecule has 1 aromatic carbocycles. The Balaban J connectivity index is 2.05. The van der Waals surface area contributed by atoms with Crippen LogP contribution < -0.4 is 5.32 Å². The van der Waals surface area contributed by atoms with Crippen molar-refractivity contribution in [3.63, 3.8) is 0 Å². The van der Waals surface area contributed by atoms with Crippen LogP contribution in [-0.4, -0.2) is 19.1 Å². The van der Waals surface area contributed by atoms with E-state index in [1.165, 1.54) is 0 Å². The standard InChI is InChI=1S/C14H20ClNO2/c1-2-3-4-14(17)18-10-9-16-11-12-5-7-13(15)8-6-12/h5-8,16H,2-4,9-11H2,1H3. The summed E-state index contributed by atoms with van der Waals surface area (Å²) in [6.07, 6.45) is 2.44. The van der Waals surface area contributed by atoms with Gasteiger partial charge >= 0.3 is 5.97 Å². The van der Waals surface area contributed by atoms with Gasteiger partial charge in [0.2, 0.25) is 0 Å². The number of ether oxygens (including phenoxy) is 1. The Morgan fingerprint density at radius 1 is 1.33 bits per heavy atom. The lowest BCUT2D eigenvalue weighted by atomic mass is 10.2. The largest absolute Gasteiger partial charge is 0.464 e. The number of carbonyl (C=O) groups is 1. The minimum Gasteiger partial charge on any atom is -0.464 e. The number of carbonyl (C=O) groups excluding carboxylic acids is 1. The van der Waals surface area contributed by atoms with Gasteiger partial charge in [-0.05, 0) is 24.1 Å². The van der Waals surface area contributed by atoms with Gasteiger partial charge in [-0.1, -0.05) is 37.1 Å². The zero-order valence-electron chi connectivity index (χ0n) is 10.7. The molecular weight excluding hydrogens is 250 g/mol. The van der Waals surface area contributed by atoms with E-state index < -0.39 is 0 Å². The van der Waals surface area contributed by atoms with Crippen LogP contribution in [0.5, 0.6) is 0 Å². The number of benzene rings is 1. The monoisotopic (exact) mass is 269 g/mol. The smallest absolute Gasteiger partial charge is 0.305 e. The highest BCUT2D eigenvalue weighted by Gasteiger charge is 2.00. The first-order valence-corrected chi connectivity index (χ1v) is 6.71. The van der Waals surface area contributed by atoms with Gasteiger partial charge in [-0.2, -0.15) is 0 Å². The number of unbranched alkanes of at least 4 members (excludes halogenated alkanes) is 1. The molecule has 3 nitrogen and oxygen atoms in total. The van der Waals surface area contributed by atoms with Crippen LogP contribution in [0.15, 0.2) is 24.3 Å². The van der Waals surface area contributed by atoms with Gasteiger partial charge < -0.3 is 10.1 Å². The third-order valence-electron chi connectivity index (χ3n) is 2.52. The molecule has 0 unspecified atom stereocenters. The summed E-state index contributed by atoms with van der Waals surface area (Å²) < 4.78 is 5.08. The number of nitrogens with one attached hydrogen (secondary N) is 1. The summed E-state index contributed by atoms with van der Waals surface area (Å²) in [5.74, 6) is -0.106. The molecule has 0 radical (unpaired) electrons. The van der Waals surface area contributed by atoms with Crippen LogP contribution in [-0.2, 0) is 16.1 Å². The lowest BCUT2D eigenvalue weighted by Crippen LogP contribution is -2.21. The van der Waals surface area contributed by atoms with E-state index >= 15 is 0 Å². The van der Waals surface area contributed by atoms with Gasteiger partial charge in [0.25, 0.3) is 0 Å². The normalized spacial score (nSPS) is 10.3. The Morgan fingerprint density at radius 2 is 2.06 bits per heavy atom. The minimum atomic E-state index is -0.106. The molecule has 0 atom stereocenters. The summed E-state index contributed by atoms with van der Waals surface area (Å²) in [5.41, 5.74) is 1.16. The van der Waals surface area contributed by atoms with Gasteiger partial charge in [0, 0.05) is 24.5 Å². The van der Waals surface area contributed by atoms with Crippen molar-refractivity contribution in [1.82, 2.24) is 5.32 Å². The van der Waals surface area contributed by atoms with Crippen LogP contribution in [0.2, 0.25) is 5.02 Å². The molecule has 0 fully saturated rings. The molecule has 0 bridgehead atoms. The minimum absolute atomic E-state index is 0.106. The first kappa shape index (κ1) is 15.0. The van der Waals surface area contributed by atoms with Gasteiger partial charge in [0.15, 0.2) is 0 Å². The van der Waals surface area contributed by atoms with Gasteiger partial charge in [0.05, 0.1) is 0 Å². The maximum Gasteiger partial charge on any atom is 0.305 e. The van der Waals surface area contributed by atoms with E-state index in [1.807, 2.05) is 24.3 Å². The molecule has 4 heteroatoms. The zero-order chi connectivity index (χ0) is 13.2. The maximum atomic E-state index is 11.2. The third-order valence-corrected chi connectivity index (χ3v) is 2.77. The first-order chi connectivity index (χ1) is 8.72. The fourth-order valence-corrected chi connectivity index (χ4v) is 1.59. The summed E-state index contributed by atoms with van der Waals surface area (Å²) in [4.78, 5) is 11.2. The predicted molar refractivity (Wildman–Crippen MR) is 73.6 cm³/mol. The number of halogens is 1. The van der Waals surface area contributed by atoms with Crippen molar-refractivity contribution in [1.29, 1.82) is 0 Å². The van der Waals surface area contributed by atoms with Gasteiger partial charge in [-0.3, -0.25) is 4.79 Å². The Kier molecular flexibility index (Phi) is 7.46. The summed E-state index contributed by atoms with van der Waals surface area (Å²) in [7, 11) is 0. The van der Waals surface area contributed by atoms with Crippen molar-refractivity contribution in [3.8, 4) is 0 Å². The molecule has 0 saturated heterocycles. The number of hydrogen-bond acceptors (Lipinski definition) is 3. The van der Waals surface area contributed by atoms with Crippen molar-refractivity contribution in [3.05, 3.63) is 34.9 Å². The number of hydrogen-bond donors (Lipinski definition) is 1. The average Bonchev–Trinajstić information content (AvgIpc) is 2.38. The molecule has 1 aromatic rings. The van der Waals surface area contributed by atoms with E-state index in [1.54, 1.807) is 0 Å². The first-order valence-electron chi connectivity index (χ1n) is 6.33. The molecule has 0 heterocycles. The molecule has 1 N–H and O–H groups in total. The summed E-state index contributed by atoms with van der Waals surface area (Å²) in [5, 5.41) is 3.95. The van der Waals surface area contributed by atoms with Gasteiger partial charge in [0.1, 0.15) is 6.61 Å². The van der Waals surface area contributed by atoms with E-state index in [0.717, 1.165) is 30.0 Å². The van der Waals surface area contributed by atoms with Crippen LogP contribution in [0.4, 0.5) is 0 Å². The van der Waals surface area contributed by atoms with E-state index in [-0.39, 0.29) is 5.97 Å². The Morgan fingerprint density at radius 3 is 2.72 bits per heavy atom. The SMILES string of the molecule is CCCCC(=O)OCCNCc1ccc(Cl)cc1. The van der Waals surface area contributed by atoms with E-state index in [2.05, 4.69) is 12.2 Å². The van der Waals surface area contributed by atoms with E-state index in [9.17, 15) is 4.79 Å². The molecule has 18 heavy (non-hydrogen) atoms. The summed E-state index contributed by atoms with van der Waals surface area (Å²) in [6.45, 7) is 3.90. The molecule has 1 rings (SSSR count). The van der Waals surface area contributed by atoms with Crippen LogP contribution in [0, 0.1) is 0 Å². The zero-order valence-corrected chi connectivity index (χ0v) is 11.5. The molecule has 0 aliphatic rings. The second kappa shape index (κ2) is 8.95. The highest BCUT2D eigenvalue weighted by molar-refractivity contribution is 6.30. The fraction of sp³-hybridized carbons (Fsp3) is 0.500. The molecule has 0 aromatic heterocycles. The van der Waals surface area contributed by atoms with Gasteiger partial charge in [-0.25, -0.2) is 0 Å². The molecule has 0 spiro atoms. The number of rotatable bonds is 8. The molecule has 100 valence electrons. The van der Waals surface area contributed by atoms with Gasteiger partial charge in [-0.15, -0.1) is 0 Å². The van der Waals surface area contributed by atoms with Crippen molar-refractivity contribution in [2.75, 3.05) is 13.2 Å². The highest BCUT2D eigenvalue weighted by Crippen LogP contribution is 2.08. The highest BCUT2D eigenvalue weighted by atomic mass is 35.5. The third kappa shape index (κ3) is 6.62. The van der Waals surface area contributed by atoms with Crippen LogP contribution in [0.1, 0.15) is 31.7 Å². The van der Waals surface area contributed by atoms with Crippen LogP contribution in [0.25, 0.3) is 0 Å². The Hall–Kier alpha value is -1.06. The Labute approximate surface area is 113 Å². The predicted octanol–water partition coefficient (Wildman–Crippen LogP) is 3.16. The van der Waals surface area contributed by atoms with E-state index in [0.29, 0.717) is 19.6 Å². The van der Waals surface area contributed by atoms with Crippen molar-refractivity contribution >= 4 is 17.6 Å². The average molecular weight is 270 g/mol. The van der Waals surface area contributed by atoms with E-state index in [4.69, 9.17) is 16.3 Å². The molecular formula is C14H20ClNO2. The lowest BCUT2D eigenvalue weighted by Gasteiger charge is -2.06. The molecule has 0 aliphatic heterocycles. The molecule has 0 aliphatic carbocycles. The second-order valence-electron chi connectivity index (χ2n) is 4.13. The molecule has 0 amide bonds. The summed E-state index contributed by atoms with van der Waals surface area (Å²) in [6, 6.07) is 7.68. The van der Waals surface area contributed by atoms with Crippen molar-refractivity contribution in [2.45, 2.75) is 32.7 Å². The Bertz CT molecular complexity index is 351. The quantitative estimate of drug-likeness (QED) is 0.582. The van der Waals surface area contributed by atoms with Crippen LogP contribution in [0.3, 0.4) is 0 Å².